The van der Waals surface area contributed by atoms with Crippen LogP contribution in [0.2, 0.25) is 0 Å². The second kappa shape index (κ2) is 9.80. The molecule has 0 bridgehead atoms. The second-order valence-electron chi connectivity index (χ2n) is 7.35. The molecule has 1 fully saturated rings. The van der Waals surface area contributed by atoms with Crippen LogP contribution in [0, 0.1) is 12.8 Å². The number of benzene rings is 1. The molecule has 1 heterocycles. The fraction of sp³-hybridized carbons (Fsp3) is 0.500. The third-order valence-corrected chi connectivity index (χ3v) is 5.05. The van der Waals surface area contributed by atoms with E-state index in [1.807, 2.05) is 0 Å². The van der Waals surface area contributed by atoms with E-state index in [4.69, 9.17) is 0 Å². The summed E-state index contributed by atoms with van der Waals surface area (Å²) in [5, 5.41) is 8.90. The van der Waals surface area contributed by atoms with Crippen molar-refractivity contribution in [1.82, 2.24) is 20.3 Å². The third-order valence-electron chi connectivity index (χ3n) is 5.05. The first-order valence-electron chi connectivity index (χ1n) is 10.0. The van der Waals surface area contributed by atoms with E-state index < -0.39 is 6.36 Å². The van der Waals surface area contributed by atoms with Crippen molar-refractivity contribution in [1.29, 1.82) is 0 Å². The number of aromatic nitrogens is 3. The Hall–Kier alpha value is -3.11. The van der Waals surface area contributed by atoms with E-state index >= 15 is 0 Å². The van der Waals surface area contributed by atoms with Crippen LogP contribution in [-0.2, 0) is 11.3 Å². The predicted molar refractivity (Wildman–Crippen MR) is 108 cm³/mol. The monoisotopic (exact) mass is 438 g/mol. The first-order chi connectivity index (χ1) is 14.7. The van der Waals surface area contributed by atoms with Crippen molar-refractivity contribution in [2.45, 2.75) is 51.6 Å². The number of carbonyl (C=O) groups is 1. The van der Waals surface area contributed by atoms with Gasteiger partial charge >= 0.3 is 6.36 Å². The zero-order valence-electron chi connectivity index (χ0n) is 17.3. The van der Waals surface area contributed by atoms with Crippen molar-refractivity contribution in [2.24, 2.45) is 5.92 Å². The third kappa shape index (κ3) is 6.69. The summed E-state index contributed by atoms with van der Waals surface area (Å²) in [6.45, 7) is 1.76. The topological polar surface area (TPSA) is 101 Å². The summed E-state index contributed by atoms with van der Waals surface area (Å²) in [6.07, 6.45) is -1.95. The number of nitrogens with zero attached hydrogens (tertiary/aromatic N) is 3. The van der Waals surface area contributed by atoms with Crippen LogP contribution in [0.15, 0.2) is 24.3 Å². The molecule has 0 aliphatic heterocycles. The van der Waals surface area contributed by atoms with Crippen LogP contribution in [-0.4, -0.2) is 40.3 Å². The minimum atomic E-state index is -4.78. The maximum atomic E-state index is 12.5. The normalized spacial score (nSPS) is 18.9. The molecule has 0 spiro atoms. The summed E-state index contributed by atoms with van der Waals surface area (Å²) in [5.74, 6) is 0.904. The number of ether oxygens (including phenoxy) is 1. The average molecular weight is 438 g/mol. The SMILES string of the molecule is CNc1nc(C)nc(NC2CCC(C(=O)NCc3ccccc3OC(F)(F)F)CC2)n1. The van der Waals surface area contributed by atoms with Gasteiger partial charge in [0.05, 0.1) is 0 Å². The molecule has 3 rings (SSSR count). The number of para-hydroxylation sites is 1. The van der Waals surface area contributed by atoms with Crippen molar-refractivity contribution in [3.8, 4) is 5.75 Å². The van der Waals surface area contributed by atoms with Gasteiger partial charge < -0.3 is 20.7 Å². The maximum absolute atomic E-state index is 12.5. The van der Waals surface area contributed by atoms with E-state index in [9.17, 15) is 18.0 Å². The fourth-order valence-corrected chi connectivity index (χ4v) is 3.54. The van der Waals surface area contributed by atoms with E-state index in [2.05, 4.69) is 35.6 Å². The van der Waals surface area contributed by atoms with Crippen LogP contribution in [0.4, 0.5) is 25.1 Å². The molecule has 3 N–H and O–H groups in total. The molecular formula is C20H25F3N6O2. The largest absolute Gasteiger partial charge is 0.573 e. The molecule has 2 aromatic rings. The summed E-state index contributed by atoms with van der Waals surface area (Å²) in [7, 11) is 1.73. The number of hydrogen-bond acceptors (Lipinski definition) is 7. The highest BCUT2D eigenvalue weighted by atomic mass is 19.4. The lowest BCUT2D eigenvalue weighted by Crippen LogP contribution is -2.36. The zero-order valence-corrected chi connectivity index (χ0v) is 17.3. The highest BCUT2D eigenvalue weighted by molar-refractivity contribution is 5.78. The quantitative estimate of drug-likeness (QED) is 0.609. The Balaban J connectivity index is 1.49. The van der Waals surface area contributed by atoms with Crippen LogP contribution in [0.25, 0.3) is 0 Å². The minimum Gasteiger partial charge on any atom is -0.405 e. The van der Waals surface area contributed by atoms with E-state index in [0.29, 0.717) is 30.6 Å². The second-order valence-corrected chi connectivity index (χ2v) is 7.35. The predicted octanol–water partition coefficient (Wildman–Crippen LogP) is 3.41. The van der Waals surface area contributed by atoms with Gasteiger partial charge in [-0.25, -0.2) is 0 Å². The number of alkyl halides is 3. The summed E-state index contributed by atoms with van der Waals surface area (Å²) < 4.78 is 41.6. The van der Waals surface area contributed by atoms with Gasteiger partial charge in [-0.1, -0.05) is 18.2 Å². The van der Waals surface area contributed by atoms with Gasteiger partial charge in [0.15, 0.2) is 0 Å². The molecule has 1 aliphatic carbocycles. The number of anilines is 2. The molecule has 0 radical (unpaired) electrons. The van der Waals surface area contributed by atoms with E-state index in [1.54, 1.807) is 20.0 Å². The molecular weight excluding hydrogens is 413 g/mol. The van der Waals surface area contributed by atoms with Crippen LogP contribution in [0.5, 0.6) is 5.75 Å². The molecule has 1 saturated carbocycles. The summed E-state index contributed by atoms with van der Waals surface area (Å²) in [5.41, 5.74) is 0.272. The van der Waals surface area contributed by atoms with Gasteiger partial charge in [-0.3, -0.25) is 4.79 Å². The molecule has 1 aromatic heterocycles. The molecule has 1 amide bonds. The Morgan fingerprint density at radius 2 is 1.77 bits per heavy atom. The minimum absolute atomic E-state index is 0.0276. The molecule has 1 aromatic carbocycles. The standard InChI is InChI=1S/C20H25F3N6O2/c1-12-26-18(24-2)29-19(27-12)28-15-9-7-13(8-10-15)17(30)25-11-14-5-3-4-6-16(14)31-20(21,22)23/h3-6,13,15H,7-11H2,1-2H3,(H,25,30)(H2,24,26,27,28,29). The molecule has 1 aliphatic rings. The lowest BCUT2D eigenvalue weighted by atomic mass is 9.85. The number of nitrogens with one attached hydrogen (secondary N) is 3. The lowest BCUT2D eigenvalue weighted by Gasteiger charge is -2.28. The molecule has 31 heavy (non-hydrogen) atoms. The highest BCUT2D eigenvalue weighted by Gasteiger charge is 2.32. The number of aryl methyl sites for hydroxylation is 1. The van der Waals surface area contributed by atoms with Gasteiger partial charge in [0, 0.05) is 31.1 Å². The number of hydrogen-bond donors (Lipinski definition) is 3. The highest BCUT2D eigenvalue weighted by Crippen LogP contribution is 2.28. The van der Waals surface area contributed by atoms with Gasteiger partial charge in [0.2, 0.25) is 17.8 Å². The van der Waals surface area contributed by atoms with Crippen molar-refractivity contribution < 1.29 is 22.7 Å². The average Bonchev–Trinajstić information content (AvgIpc) is 2.72. The molecule has 0 unspecified atom stereocenters. The van der Waals surface area contributed by atoms with Gasteiger partial charge in [0.1, 0.15) is 11.6 Å². The zero-order chi connectivity index (χ0) is 22.4. The number of rotatable bonds is 7. The van der Waals surface area contributed by atoms with Crippen LogP contribution >= 0.6 is 0 Å². The molecule has 168 valence electrons. The maximum Gasteiger partial charge on any atom is 0.573 e. The first kappa shape index (κ1) is 22.6. The number of carbonyl (C=O) groups excluding carboxylic acids is 1. The van der Waals surface area contributed by atoms with Crippen LogP contribution in [0.1, 0.15) is 37.1 Å². The Kier molecular flexibility index (Phi) is 7.13. The van der Waals surface area contributed by atoms with Crippen LogP contribution < -0.4 is 20.7 Å². The Bertz CT molecular complexity index is 901. The van der Waals surface area contributed by atoms with Crippen molar-refractivity contribution in [3.05, 3.63) is 35.7 Å². The molecule has 0 atom stereocenters. The summed E-state index contributed by atoms with van der Waals surface area (Å²) in [6, 6.07) is 5.92. The van der Waals surface area contributed by atoms with Gasteiger partial charge in [-0.15, -0.1) is 13.2 Å². The van der Waals surface area contributed by atoms with E-state index in [0.717, 1.165) is 12.8 Å². The Labute approximate surface area is 178 Å². The van der Waals surface area contributed by atoms with Crippen molar-refractivity contribution in [2.75, 3.05) is 17.7 Å². The van der Waals surface area contributed by atoms with Gasteiger partial charge in [-0.2, -0.15) is 15.0 Å². The summed E-state index contributed by atoms with van der Waals surface area (Å²) >= 11 is 0. The molecule has 8 nitrogen and oxygen atoms in total. The molecule has 0 saturated heterocycles. The van der Waals surface area contributed by atoms with Gasteiger partial charge in [0.25, 0.3) is 0 Å². The van der Waals surface area contributed by atoms with Gasteiger partial charge in [-0.05, 0) is 38.7 Å². The first-order valence-corrected chi connectivity index (χ1v) is 10.0. The molecule has 11 heteroatoms. The number of halogens is 3. The summed E-state index contributed by atoms with van der Waals surface area (Å²) in [4.78, 5) is 25.2. The number of amides is 1. The fourth-order valence-electron chi connectivity index (χ4n) is 3.54. The van der Waals surface area contributed by atoms with Crippen LogP contribution in [0.3, 0.4) is 0 Å². The lowest BCUT2D eigenvalue weighted by molar-refractivity contribution is -0.274. The van der Waals surface area contributed by atoms with E-state index in [1.165, 1.54) is 18.2 Å². The smallest absolute Gasteiger partial charge is 0.405 e. The Morgan fingerprint density at radius 1 is 1.10 bits per heavy atom. The van der Waals surface area contributed by atoms with E-state index in [-0.39, 0.29) is 35.7 Å². The Morgan fingerprint density at radius 3 is 2.45 bits per heavy atom. The van der Waals surface area contributed by atoms with Crippen molar-refractivity contribution >= 4 is 17.8 Å². The van der Waals surface area contributed by atoms with Crippen molar-refractivity contribution in [3.63, 3.8) is 0 Å².